The van der Waals surface area contributed by atoms with Gasteiger partial charge in [0.25, 0.3) is 0 Å². The van der Waals surface area contributed by atoms with Crippen molar-refractivity contribution in [1.82, 2.24) is 0 Å². The van der Waals surface area contributed by atoms with Crippen LogP contribution >= 0.6 is 30.5 Å². The lowest BCUT2D eigenvalue weighted by atomic mass is 10.2. The summed E-state index contributed by atoms with van der Waals surface area (Å²) in [6.45, 7) is 11.3. The van der Waals surface area contributed by atoms with E-state index in [-0.39, 0.29) is 5.04 Å². The Labute approximate surface area is 228 Å². The molecule has 0 saturated carbocycles. The molecule has 0 saturated heterocycles. The van der Waals surface area contributed by atoms with Gasteiger partial charge in [-0.2, -0.15) is 0 Å². The van der Waals surface area contributed by atoms with Gasteiger partial charge in [-0.25, -0.2) is 0 Å². The highest BCUT2D eigenvalue weighted by molar-refractivity contribution is 14.1. The molecule has 4 heteroatoms. The minimum Gasteiger partial charge on any atom is -0.544 e. The molecule has 35 heavy (non-hydrogen) atoms. The van der Waals surface area contributed by atoms with Crippen LogP contribution < -0.4 is 20.3 Å². The van der Waals surface area contributed by atoms with Crippen LogP contribution in [-0.4, -0.2) is 8.32 Å². The zero-order valence-corrected chi connectivity index (χ0v) is 25.5. The minimum absolute atomic E-state index is 0.259. The molecule has 0 fully saturated rings. The molecule has 182 valence electrons. The Morgan fingerprint density at radius 2 is 1.00 bits per heavy atom. The van der Waals surface area contributed by atoms with Gasteiger partial charge in [0.2, 0.25) is 8.32 Å². The Morgan fingerprint density at radius 1 is 0.629 bits per heavy atom. The summed E-state index contributed by atoms with van der Waals surface area (Å²) in [5.41, 5.74) is 1.35. The third kappa shape index (κ3) is 8.03. The van der Waals surface area contributed by atoms with Gasteiger partial charge in [0.05, 0.1) is 0 Å². The lowest BCUT2D eigenvalue weighted by molar-refractivity contribution is 0.492. The number of halogens is 1. The Hall–Kier alpha value is -1.94. The van der Waals surface area contributed by atoms with Crippen molar-refractivity contribution in [3.05, 3.63) is 121 Å². The first-order valence-electron chi connectivity index (χ1n) is 12.0. The van der Waals surface area contributed by atoms with Crippen molar-refractivity contribution in [1.29, 1.82) is 0 Å². The van der Waals surface area contributed by atoms with Gasteiger partial charge in [-0.3, -0.25) is 0 Å². The van der Waals surface area contributed by atoms with Crippen LogP contribution in [0.4, 0.5) is 0 Å². The molecule has 0 atom stereocenters. The van der Waals surface area contributed by atoms with Crippen LogP contribution in [0.15, 0.2) is 115 Å². The summed E-state index contributed by atoms with van der Waals surface area (Å²) < 4.78 is 7.26. The zero-order chi connectivity index (χ0) is 25.3. The van der Waals surface area contributed by atoms with Gasteiger partial charge < -0.3 is 4.43 Å². The lowest BCUT2D eigenvalue weighted by Crippen LogP contribution is -2.43. The molecule has 0 aliphatic carbocycles. The first-order chi connectivity index (χ1) is 16.7. The predicted molar refractivity (Wildman–Crippen MR) is 167 cm³/mol. The Kier molecular flexibility index (Phi) is 10.1. The number of rotatable bonds is 6. The van der Waals surface area contributed by atoms with Crippen molar-refractivity contribution >= 4 is 54.7 Å². The smallest absolute Gasteiger partial charge is 0.250 e. The van der Waals surface area contributed by atoms with Crippen molar-refractivity contribution in [2.45, 2.75) is 43.3 Å². The average molecular weight is 611 g/mol. The van der Waals surface area contributed by atoms with Gasteiger partial charge >= 0.3 is 0 Å². The third-order valence-electron chi connectivity index (χ3n) is 6.30. The van der Waals surface area contributed by atoms with Crippen LogP contribution in [0.25, 0.3) is 0 Å². The summed E-state index contributed by atoms with van der Waals surface area (Å²) in [7, 11) is -2.12. The molecule has 0 aliphatic rings. The standard InChI is InChI=1S/C18H15P.C13H21IOSi/c1-4-10-16(11-5-1)19(17-12-6-2-7-13-17)18-14-8-3-9-15-18;1-13(2,3)16(4,5)15-12-8-6-11(10-14)7-9-12/h1-15H;6-9H,10H2,1-5H3. The van der Waals surface area contributed by atoms with Gasteiger partial charge in [0.15, 0.2) is 0 Å². The molecule has 0 heterocycles. The molecule has 0 aromatic heterocycles. The normalized spacial score (nSPS) is 11.5. The third-order valence-corrected chi connectivity index (χ3v) is 14.0. The van der Waals surface area contributed by atoms with Gasteiger partial charge in [-0.05, 0) is 59.7 Å². The molecule has 4 aromatic rings. The number of hydrogen-bond donors (Lipinski definition) is 0. The number of alkyl halides is 1. The van der Waals surface area contributed by atoms with Gasteiger partial charge in [0, 0.05) is 4.43 Å². The second-order valence-corrected chi connectivity index (χ2v) is 17.7. The molecule has 4 aromatic carbocycles. The molecular formula is C31H36IOPSi. The predicted octanol–water partition coefficient (Wildman–Crippen LogP) is 8.45. The Balaban J connectivity index is 0.000000199. The average Bonchev–Trinajstić information content (AvgIpc) is 2.86. The Bertz CT molecular complexity index is 1050. The molecule has 0 aliphatic heterocycles. The fourth-order valence-electron chi connectivity index (χ4n) is 3.27. The highest BCUT2D eigenvalue weighted by Crippen LogP contribution is 2.37. The van der Waals surface area contributed by atoms with E-state index in [1.54, 1.807) is 0 Å². The summed E-state index contributed by atoms with van der Waals surface area (Å²) in [5, 5.41) is 4.45. The SMILES string of the molecule is CC(C)(C)[Si](C)(C)Oc1ccc(CI)cc1.c1ccc(P(c2ccccc2)c2ccccc2)cc1. The quantitative estimate of drug-likeness (QED) is 0.0922. The van der Waals surface area contributed by atoms with E-state index in [1.807, 2.05) is 0 Å². The van der Waals surface area contributed by atoms with Gasteiger partial charge in [-0.1, -0.05) is 146 Å². The fraction of sp³-hybridized carbons (Fsp3) is 0.226. The van der Waals surface area contributed by atoms with E-state index in [1.165, 1.54) is 21.5 Å². The molecule has 0 spiro atoms. The van der Waals surface area contributed by atoms with Crippen LogP contribution in [0.2, 0.25) is 18.1 Å². The van der Waals surface area contributed by atoms with E-state index in [0.29, 0.717) is 0 Å². The van der Waals surface area contributed by atoms with Crippen LogP contribution in [0, 0.1) is 0 Å². The van der Waals surface area contributed by atoms with Crippen molar-refractivity contribution in [3.8, 4) is 5.75 Å². The maximum Gasteiger partial charge on any atom is 0.250 e. The topological polar surface area (TPSA) is 9.23 Å². The van der Waals surface area contributed by atoms with E-state index < -0.39 is 16.2 Å². The second-order valence-electron chi connectivity index (χ2n) is 9.98. The molecule has 0 radical (unpaired) electrons. The number of hydrogen-bond acceptors (Lipinski definition) is 1. The molecule has 0 unspecified atom stereocenters. The number of benzene rings is 4. The summed E-state index contributed by atoms with van der Waals surface area (Å²) in [6.07, 6.45) is 0. The van der Waals surface area contributed by atoms with Crippen molar-refractivity contribution in [3.63, 3.8) is 0 Å². The largest absolute Gasteiger partial charge is 0.544 e. The lowest BCUT2D eigenvalue weighted by Gasteiger charge is -2.36. The van der Waals surface area contributed by atoms with Crippen LogP contribution in [0.5, 0.6) is 5.75 Å². The first-order valence-corrected chi connectivity index (χ1v) is 17.8. The van der Waals surface area contributed by atoms with E-state index in [2.05, 4.69) is 172 Å². The molecular weight excluding hydrogens is 574 g/mol. The maximum atomic E-state index is 6.20. The first kappa shape index (κ1) is 27.6. The van der Waals surface area contributed by atoms with Crippen LogP contribution in [0.3, 0.4) is 0 Å². The molecule has 0 bridgehead atoms. The van der Waals surface area contributed by atoms with Crippen molar-refractivity contribution in [2.24, 2.45) is 0 Å². The van der Waals surface area contributed by atoms with E-state index in [9.17, 15) is 0 Å². The zero-order valence-electron chi connectivity index (χ0n) is 21.4. The van der Waals surface area contributed by atoms with Crippen molar-refractivity contribution in [2.75, 3.05) is 0 Å². The molecule has 1 nitrogen and oxygen atoms in total. The van der Waals surface area contributed by atoms with Crippen LogP contribution in [0.1, 0.15) is 26.3 Å². The second kappa shape index (κ2) is 12.8. The van der Waals surface area contributed by atoms with Crippen molar-refractivity contribution < 1.29 is 4.43 Å². The van der Waals surface area contributed by atoms with Gasteiger partial charge in [-0.15, -0.1) is 0 Å². The molecule has 4 rings (SSSR count). The summed E-state index contributed by atoms with van der Waals surface area (Å²) in [6, 6.07) is 40.8. The highest BCUT2D eigenvalue weighted by Gasteiger charge is 2.38. The van der Waals surface area contributed by atoms with Crippen LogP contribution in [-0.2, 0) is 4.43 Å². The summed E-state index contributed by atoms with van der Waals surface area (Å²) in [4.78, 5) is 0. The minimum atomic E-state index is -1.68. The monoisotopic (exact) mass is 610 g/mol. The highest BCUT2D eigenvalue weighted by atomic mass is 127. The Morgan fingerprint density at radius 3 is 1.31 bits per heavy atom. The molecule has 0 N–H and O–H groups in total. The van der Waals surface area contributed by atoms with E-state index >= 15 is 0 Å². The molecule has 0 amide bonds. The summed E-state index contributed by atoms with van der Waals surface area (Å²) >= 11 is 2.37. The van der Waals surface area contributed by atoms with E-state index in [0.717, 1.165) is 10.2 Å². The van der Waals surface area contributed by atoms with E-state index in [4.69, 9.17) is 4.43 Å². The fourth-order valence-corrected chi connectivity index (χ4v) is 7.12. The van der Waals surface area contributed by atoms with Gasteiger partial charge in [0.1, 0.15) is 5.75 Å². The maximum absolute atomic E-state index is 6.20. The summed E-state index contributed by atoms with van der Waals surface area (Å²) in [5.74, 6) is 1.01.